The summed E-state index contributed by atoms with van der Waals surface area (Å²) in [5.41, 5.74) is -1.54. The number of rotatable bonds is 10. The molecule has 0 aromatic heterocycles. The highest BCUT2D eigenvalue weighted by atomic mass is 16.6. The van der Waals surface area contributed by atoms with Gasteiger partial charge in [-0.3, -0.25) is 4.79 Å². The van der Waals surface area contributed by atoms with Crippen LogP contribution in [0.5, 0.6) is 28.7 Å². The van der Waals surface area contributed by atoms with E-state index in [1.165, 1.54) is 60.7 Å². The molecule has 0 aliphatic heterocycles. The lowest BCUT2D eigenvalue weighted by molar-refractivity contribution is -0.193. The lowest BCUT2D eigenvalue weighted by atomic mass is 9.72. The predicted molar refractivity (Wildman–Crippen MR) is 159 cm³/mol. The molecule has 0 unspecified atom stereocenters. The maximum absolute atomic E-state index is 13.7. The van der Waals surface area contributed by atoms with Crippen LogP contribution in [-0.4, -0.2) is 77.2 Å². The van der Waals surface area contributed by atoms with Gasteiger partial charge in [0, 0.05) is 31.4 Å². The summed E-state index contributed by atoms with van der Waals surface area (Å²) in [4.78, 5) is 51.6. The molecule has 0 bridgehead atoms. The average Bonchev–Trinajstić information content (AvgIpc) is 2.99. The summed E-state index contributed by atoms with van der Waals surface area (Å²) in [6.45, 7) is 0. The van der Waals surface area contributed by atoms with E-state index in [1.807, 2.05) is 0 Å². The number of aliphatic hydroxyl groups is 1. The van der Waals surface area contributed by atoms with E-state index in [4.69, 9.17) is 9.47 Å². The number of ether oxygens (including phenoxy) is 2. The fourth-order valence-electron chi connectivity index (χ4n) is 4.99. The Hall–Kier alpha value is -5.82. The van der Waals surface area contributed by atoms with Gasteiger partial charge in [-0.05, 0) is 65.2 Å². The monoisotopic (exact) mass is 634 g/mol. The predicted octanol–water partition coefficient (Wildman–Crippen LogP) is 2.80. The standard InChI is InChI=1S/C33H30O13/c34-21-7-1-18(2-8-21)15-26(39)31-27(45-29(40)11-5-19-3-9-22(35)24(37)13-19)16-33(44,32(42)43)17-28(31)46-30(41)12-6-20-4-10-23(36)25(38)14-20/h1-14,27-28,31,34-38,44H,15-17H2,(H,42,43)/b11-5+,12-6+/t27-,28-,31?,33?/m1/s1. The minimum absolute atomic E-state index is 0.0542. The molecule has 13 nitrogen and oxygen atoms in total. The van der Waals surface area contributed by atoms with Gasteiger partial charge < -0.3 is 45.2 Å². The molecule has 2 atom stereocenters. The van der Waals surface area contributed by atoms with E-state index in [0.29, 0.717) is 16.7 Å². The summed E-state index contributed by atoms with van der Waals surface area (Å²) < 4.78 is 11.0. The van der Waals surface area contributed by atoms with Gasteiger partial charge in [-0.1, -0.05) is 24.3 Å². The number of Topliss-reactive ketones (excluding diaryl/α,β-unsaturated/α-hetero) is 1. The van der Waals surface area contributed by atoms with Gasteiger partial charge in [0.2, 0.25) is 0 Å². The Morgan fingerprint density at radius 3 is 1.57 bits per heavy atom. The second-order valence-corrected chi connectivity index (χ2v) is 10.7. The molecule has 240 valence electrons. The highest BCUT2D eigenvalue weighted by Crippen LogP contribution is 2.38. The van der Waals surface area contributed by atoms with E-state index in [9.17, 15) is 54.9 Å². The number of carboxylic acid groups (broad SMARTS) is 1. The van der Waals surface area contributed by atoms with Crippen LogP contribution < -0.4 is 0 Å². The number of carboxylic acids is 1. The van der Waals surface area contributed by atoms with Crippen molar-refractivity contribution in [1.29, 1.82) is 0 Å². The number of benzene rings is 3. The van der Waals surface area contributed by atoms with Crippen LogP contribution in [0.3, 0.4) is 0 Å². The van der Waals surface area contributed by atoms with Crippen molar-refractivity contribution in [1.82, 2.24) is 0 Å². The van der Waals surface area contributed by atoms with Crippen LogP contribution in [0.2, 0.25) is 0 Å². The maximum atomic E-state index is 13.7. The van der Waals surface area contributed by atoms with Crippen molar-refractivity contribution in [3.05, 3.63) is 89.5 Å². The zero-order valence-corrected chi connectivity index (χ0v) is 24.0. The van der Waals surface area contributed by atoms with Crippen LogP contribution in [0.25, 0.3) is 12.2 Å². The Bertz CT molecular complexity index is 1600. The first kappa shape index (κ1) is 33.1. The third kappa shape index (κ3) is 8.21. The summed E-state index contributed by atoms with van der Waals surface area (Å²) in [5, 5.41) is 68.8. The van der Waals surface area contributed by atoms with Crippen molar-refractivity contribution in [3.8, 4) is 28.7 Å². The molecule has 1 saturated carbocycles. The van der Waals surface area contributed by atoms with Gasteiger partial charge >= 0.3 is 17.9 Å². The number of ketones is 1. The number of phenolic OH excluding ortho intramolecular Hbond substituents is 5. The summed E-state index contributed by atoms with van der Waals surface area (Å²) in [7, 11) is 0. The molecule has 0 saturated heterocycles. The van der Waals surface area contributed by atoms with E-state index in [1.54, 1.807) is 0 Å². The number of esters is 2. The van der Waals surface area contributed by atoms with Gasteiger partial charge in [0.15, 0.2) is 28.6 Å². The molecular weight excluding hydrogens is 604 g/mol. The molecule has 1 fully saturated rings. The van der Waals surface area contributed by atoms with Gasteiger partial charge in [-0.2, -0.15) is 0 Å². The number of hydrogen-bond donors (Lipinski definition) is 7. The Morgan fingerprint density at radius 1 is 0.696 bits per heavy atom. The second kappa shape index (κ2) is 13.9. The molecule has 0 amide bonds. The lowest BCUT2D eigenvalue weighted by Gasteiger charge is -2.42. The highest BCUT2D eigenvalue weighted by Gasteiger charge is 2.54. The number of aromatic hydroxyl groups is 5. The van der Waals surface area contributed by atoms with Crippen LogP contribution >= 0.6 is 0 Å². The zero-order valence-electron chi connectivity index (χ0n) is 24.0. The fourth-order valence-corrected chi connectivity index (χ4v) is 4.99. The smallest absolute Gasteiger partial charge is 0.335 e. The molecule has 4 rings (SSSR count). The van der Waals surface area contributed by atoms with Crippen LogP contribution in [0.15, 0.2) is 72.8 Å². The van der Waals surface area contributed by atoms with Crippen molar-refractivity contribution < 1.29 is 64.4 Å². The third-order valence-corrected chi connectivity index (χ3v) is 7.32. The van der Waals surface area contributed by atoms with Crippen molar-refractivity contribution in [2.45, 2.75) is 37.1 Å². The quantitative estimate of drug-likeness (QED) is 0.0968. The van der Waals surface area contributed by atoms with Crippen LogP contribution in [0.1, 0.15) is 29.5 Å². The molecule has 7 N–H and O–H groups in total. The summed E-state index contributed by atoms with van der Waals surface area (Å²) in [5.74, 6) is -7.58. The van der Waals surface area contributed by atoms with Crippen molar-refractivity contribution in [3.63, 3.8) is 0 Å². The largest absolute Gasteiger partial charge is 0.508 e. The van der Waals surface area contributed by atoms with Crippen LogP contribution in [-0.2, 0) is 35.1 Å². The SMILES string of the molecule is O=C(/C=C/c1ccc(O)c(O)c1)O[C@@H]1CC(O)(C(=O)O)C[C@@H](OC(=O)/C=C/c2ccc(O)c(O)c2)C1C(=O)Cc1ccc(O)cc1. The van der Waals surface area contributed by atoms with Gasteiger partial charge in [-0.15, -0.1) is 0 Å². The van der Waals surface area contributed by atoms with E-state index < -0.39 is 71.8 Å². The Labute approximate surface area is 261 Å². The summed E-state index contributed by atoms with van der Waals surface area (Å²) in [6.07, 6.45) is -0.577. The molecule has 3 aromatic rings. The van der Waals surface area contributed by atoms with E-state index in [2.05, 4.69) is 0 Å². The van der Waals surface area contributed by atoms with E-state index in [-0.39, 0.29) is 23.7 Å². The van der Waals surface area contributed by atoms with Gasteiger partial charge in [0.1, 0.15) is 23.7 Å². The number of hydrogen-bond acceptors (Lipinski definition) is 12. The topological polar surface area (TPSA) is 228 Å². The average molecular weight is 635 g/mol. The van der Waals surface area contributed by atoms with Crippen LogP contribution in [0, 0.1) is 5.92 Å². The molecule has 3 aromatic carbocycles. The molecule has 0 radical (unpaired) electrons. The molecule has 1 aliphatic rings. The number of aliphatic carboxylic acids is 1. The number of carbonyl (C=O) groups is 4. The van der Waals surface area contributed by atoms with E-state index >= 15 is 0 Å². The third-order valence-electron chi connectivity index (χ3n) is 7.32. The Kier molecular flexibility index (Phi) is 9.97. The number of phenols is 5. The summed E-state index contributed by atoms with van der Waals surface area (Å²) in [6, 6.07) is 13.1. The normalized spacial score (nSPS) is 21.2. The van der Waals surface area contributed by atoms with Crippen LogP contribution in [0.4, 0.5) is 0 Å². The Balaban J connectivity index is 1.63. The first-order valence-electron chi connectivity index (χ1n) is 13.8. The number of carbonyl (C=O) groups excluding carboxylic acids is 3. The van der Waals surface area contributed by atoms with Gasteiger partial charge in [0.25, 0.3) is 0 Å². The highest BCUT2D eigenvalue weighted by molar-refractivity contribution is 5.91. The first-order chi connectivity index (χ1) is 21.7. The van der Waals surface area contributed by atoms with Gasteiger partial charge in [-0.25, -0.2) is 14.4 Å². The molecule has 13 heteroatoms. The first-order valence-corrected chi connectivity index (χ1v) is 13.8. The van der Waals surface area contributed by atoms with Crippen molar-refractivity contribution in [2.24, 2.45) is 5.92 Å². The molecular formula is C33H30O13. The summed E-state index contributed by atoms with van der Waals surface area (Å²) >= 11 is 0. The molecule has 46 heavy (non-hydrogen) atoms. The minimum atomic E-state index is -2.57. The van der Waals surface area contributed by atoms with E-state index in [0.717, 1.165) is 24.3 Å². The molecule has 0 spiro atoms. The zero-order chi connectivity index (χ0) is 33.6. The van der Waals surface area contributed by atoms with Crippen molar-refractivity contribution >= 4 is 35.8 Å². The minimum Gasteiger partial charge on any atom is -0.508 e. The Morgan fingerprint density at radius 2 is 1.15 bits per heavy atom. The van der Waals surface area contributed by atoms with Gasteiger partial charge in [0.05, 0.1) is 5.92 Å². The van der Waals surface area contributed by atoms with Crippen molar-refractivity contribution in [2.75, 3.05) is 0 Å². The molecule has 0 heterocycles. The second-order valence-electron chi connectivity index (χ2n) is 10.7. The lowest BCUT2D eigenvalue weighted by Crippen LogP contribution is -2.57. The molecule has 1 aliphatic carbocycles. The maximum Gasteiger partial charge on any atom is 0.335 e. The fraction of sp³-hybridized carbons (Fsp3) is 0.212.